The summed E-state index contributed by atoms with van der Waals surface area (Å²) in [5.74, 6) is 0. The fourth-order valence-corrected chi connectivity index (χ4v) is 0.770. The van der Waals surface area contributed by atoms with Crippen molar-refractivity contribution in [3.63, 3.8) is 0 Å². The number of quaternary nitrogens is 1. The molecule has 0 aliphatic rings. The summed E-state index contributed by atoms with van der Waals surface area (Å²) in [7, 11) is 0. The Balaban J connectivity index is 0. The van der Waals surface area contributed by atoms with E-state index in [-0.39, 0.29) is 6.61 Å². The first-order chi connectivity index (χ1) is 4.54. The van der Waals surface area contributed by atoms with Crippen molar-refractivity contribution in [2.24, 2.45) is 0 Å². The topological polar surface area (TPSA) is 39.7 Å². The summed E-state index contributed by atoms with van der Waals surface area (Å²) in [4.78, 5) is 0. The van der Waals surface area contributed by atoms with Crippen molar-refractivity contribution in [3.05, 3.63) is 0 Å². The van der Waals surface area contributed by atoms with Crippen LogP contribution in [0.3, 0.4) is 0 Å². The predicted molar refractivity (Wildman–Crippen MR) is 42.7 cm³/mol. The van der Waals surface area contributed by atoms with Crippen molar-refractivity contribution in [1.29, 1.82) is 0 Å². The molecule has 0 aliphatic heterocycles. The van der Waals surface area contributed by atoms with E-state index in [1.165, 1.54) is 0 Å². The molecule has 2 N–H and O–H groups in total. The third kappa shape index (κ3) is 24.7. The molecule has 0 saturated carbocycles. The van der Waals surface area contributed by atoms with Gasteiger partial charge in [0.15, 0.2) is 0 Å². The average molecular weight is 147 g/mol. The van der Waals surface area contributed by atoms with Gasteiger partial charge in [-0.05, 0) is 27.7 Å². The van der Waals surface area contributed by atoms with Crippen molar-refractivity contribution in [2.45, 2.75) is 46.7 Å². The molecule has 10 heavy (non-hydrogen) atoms. The van der Waals surface area contributed by atoms with E-state index in [1.807, 2.05) is 0 Å². The Bertz CT molecular complexity index is 47.2. The second-order valence-corrected chi connectivity index (χ2v) is 2.97. The molecule has 0 saturated heterocycles. The third-order valence-electron chi connectivity index (χ3n) is 0.770. The summed E-state index contributed by atoms with van der Waals surface area (Å²) >= 11 is 0. The summed E-state index contributed by atoms with van der Waals surface area (Å²) in [6, 6.07) is 1.50. The van der Waals surface area contributed by atoms with Gasteiger partial charge in [0.2, 0.25) is 0 Å². The zero-order valence-corrected chi connectivity index (χ0v) is 7.85. The summed E-state index contributed by atoms with van der Waals surface area (Å²) in [6.45, 7) is 10.4. The second kappa shape index (κ2) is 8.92. The van der Waals surface area contributed by atoms with Crippen LogP contribution in [0.1, 0.15) is 34.6 Å². The van der Waals surface area contributed by atoms with Gasteiger partial charge < -0.3 is 10.4 Å². The Morgan fingerprint density at radius 2 is 1.30 bits per heavy atom. The Labute approximate surface area is 64.6 Å². The molecule has 0 amide bonds. The van der Waals surface area contributed by atoms with Crippen molar-refractivity contribution >= 4 is 0 Å². The summed E-state index contributed by atoms with van der Waals surface area (Å²) < 4.78 is 0. The molecular weight excluding hydrogens is 126 g/mol. The molecule has 0 rings (SSSR count). The molecular formula is C8H21NO. The van der Waals surface area contributed by atoms with Gasteiger partial charge in [0.05, 0.1) is 12.1 Å². The predicted octanol–water partition coefficient (Wildman–Crippen LogP) is -0.267. The number of rotatable bonds is 2. The van der Waals surface area contributed by atoms with Crippen LogP contribution in [0.25, 0.3) is 0 Å². The molecule has 2 nitrogen and oxygen atoms in total. The van der Waals surface area contributed by atoms with Gasteiger partial charge in [-0.15, -0.1) is 6.61 Å². The van der Waals surface area contributed by atoms with Crippen LogP contribution in [-0.2, 0) is 0 Å². The molecule has 0 bridgehead atoms. The molecule has 0 aliphatic carbocycles. The van der Waals surface area contributed by atoms with Crippen molar-refractivity contribution < 1.29 is 10.4 Å². The maximum Gasteiger partial charge on any atom is 0.0803 e. The largest absolute Gasteiger partial charge is 0.855 e. The minimum atomic E-state index is 0. The first-order valence-corrected chi connectivity index (χ1v) is 3.97. The average Bonchev–Trinajstić information content (AvgIpc) is 1.62. The minimum absolute atomic E-state index is 0. The molecule has 0 aromatic heterocycles. The van der Waals surface area contributed by atoms with Crippen LogP contribution < -0.4 is 10.4 Å². The molecule has 0 atom stereocenters. The van der Waals surface area contributed by atoms with Crippen molar-refractivity contribution in [1.82, 2.24) is 0 Å². The van der Waals surface area contributed by atoms with Crippen molar-refractivity contribution in [3.8, 4) is 0 Å². The van der Waals surface area contributed by atoms with Gasteiger partial charge >= 0.3 is 0 Å². The first-order valence-electron chi connectivity index (χ1n) is 3.97. The van der Waals surface area contributed by atoms with E-state index in [9.17, 15) is 0 Å². The van der Waals surface area contributed by atoms with Crippen LogP contribution in [0.4, 0.5) is 0 Å². The molecule has 64 valence electrons. The highest BCUT2D eigenvalue weighted by atomic mass is 16.2. The summed E-state index contributed by atoms with van der Waals surface area (Å²) in [5.41, 5.74) is 0. The molecule has 0 fully saturated rings. The molecule has 0 heterocycles. The van der Waals surface area contributed by atoms with Crippen LogP contribution >= 0.6 is 0 Å². The molecule has 0 unspecified atom stereocenters. The lowest BCUT2D eigenvalue weighted by atomic mass is 10.3. The zero-order chi connectivity index (χ0) is 8.57. The fraction of sp³-hybridized carbons (Fsp3) is 1.00. The van der Waals surface area contributed by atoms with E-state index >= 15 is 0 Å². The van der Waals surface area contributed by atoms with Gasteiger partial charge in [-0.3, -0.25) is 0 Å². The van der Waals surface area contributed by atoms with E-state index in [0.29, 0.717) is 0 Å². The lowest BCUT2D eigenvalue weighted by molar-refractivity contribution is -0.709. The minimum Gasteiger partial charge on any atom is -0.855 e. The van der Waals surface area contributed by atoms with Gasteiger partial charge in [0.1, 0.15) is 0 Å². The maximum absolute atomic E-state index is 8.93. The summed E-state index contributed by atoms with van der Waals surface area (Å²) in [6.07, 6.45) is 0. The smallest absolute Gasteiger partial charge is 0.0803 e. The van der Waals surface area contributed by atoms with Crippen LogP contribution in [0.15, 0.2) is 0 Å². The molecule has 0 aromatic rings. The van der Waals surface area contributed by atoms with E-state index in [2.05, 4.69) is 33.0 Å². The highest BCUT2D eigenvalue weighted by Gasteiger charge is 1.96. The molecule has 0 radical (unpaired) electrons. The van der Waals surface area contributed by atoms with Crippen LogP contribution in [0.5, 0.6) is 0 Å². The van der Waals surface area contributed by atoms with E-state index in [4.69, 9.17) is 5.11 Å². The van der Waals surface area contributed by atoms with E-state index in [1.54, 1.807) is 6.92 Å². The maximum atomic E-state index is 8.93. The monoisotopic (exact) mass is 147 g/mol. The fourth-order valence-electron chi connectivity index (χ4n) is 0.770. The van der Waals surface area contributed by atoms with E-state index in [0.717, 1.165) is 12.1 Å². The highest BCUT2D eigenvalue weighted by Crippen LogP contribution is 1.67. The van der Waals surface area contributed by atoms with Crippen LogP contribution in [-0.4, -0.2) is 18.7 Å². The molecule has 0 aromatic carbocycles. The van der Waals surface area contributed by atoms with Gasteiger partial charge in [0, 0.05) is 0 Å². The third-order valence-corrected chi connectivity index (χ3v) is 0.770. The second-order valence-electron chi connectivity index (χ2n) is 2.97. The van der Waals surface area contributed by atoms with Crippen LogP contribution in [0, 0.1) is 0 Å². The van der Waals surface area contributed by atoms with Gasteiger partial charge in [0.25, 0.3) is 0 Å². The number of hydrogen-bond donors (Lipinski definition) is 1. The first kappa shape index (κ1) is 12.6. The van der Waals surface area contributed by atoms with Gasteiger partial charge in [-0.25, -0.2) is 0 Å². The molecule has 2 heteroatoms. The Morgan fingerprint density at radius 3 is 1.30 bits per heavy atom. The molecule has 0 spiro atoms. The van der Waals surface area contributed by atoms with Gasteiger partial charge in [-0.2, -0.15) is 0 Å². The highest BCUT2D eigenvalue weighted by molar-refractivity contribution is 4.31. The van der Waals surface area contributed by atoms with E-state index < -0.39 is 0 Å². The Morgan fingerprint density at radius 1 is 1.10 bits per heavy atom. The standard InChI is InChI=1S/C6H15N.C2H5O/c1-5(2)7-6(3)4;1-2-3/h5-7H,1-4H3;2H2,1H3/q;-1/p+1. The lowest BCUT2D eigenvalue weighted by Gasteiger charge is -2.06. The number of hydrogen-bond acceptors (Lipinski definition) is 1. The Hall–Kier alpha value is -0.0800. The summed E-state index contributed by atoms with van der Waals surface area (Å²) in [5, 5.41) is 11.3. The van der Waals surface area contributed by atoms with Crippen LogP contribution in [0.2, 0.25) is 0 Å². The van der Waals surface area contributed by atoms with Crippen molar-refractivity contribution in [2.75, 3.05) is 6.61 Å². The Kier molecular flexibility index (Phi) is 11.2. The van der Waals surface area contributed by atoms with Gasteiger partial charge in [-0.1, -0.05) is 6.92 Å². The lowest BCUT2D eigenvalue weighted by Crippen LogP contribution is -2.92. The normalized spacial score (nSPS) is 9.60. The zero-order valence-electron chi connectivity index (χ0n) is 7.85. The SMILES string of the molecule is CC(C)[NH2+]C(C)C.CC[O-]. The number of nitrogens with two attached hydrogens (primary N) is 1. The quantitative estimate of drug-likeness (QED) is 0.574.